The van der Waals surface area contributed by atoms with Gasteiger partial charge >= 0.3 is 0 Å². The zero-order chi connectivity index (χ0) is 18.5. The molecular weight excluding hydrogens is 481 g/mol. The average Bonchev–Trinajstić information content (AvgIpc) is 2.62. The quantitative estimate of drug-likeness (QED) is 0.458. The van der Waals surface area contributed by atoms with Gasteiger partial charge in [-0.3, -0.25) is 10.1 Å². The van der Waals surface area contributed by atoms with Crippen LogP contribution in [0.4, 0.5) is 11.4 Å². The lowest BCUT2D eigenvalue weighted by atomic mass is 10.1. The number of amides is 1. The first kappa shape index (κ1) is 19.4. The predicted molar refractivity (Wildman–Crippen MR) is 120 cm³/mol. The molecule has 0 unspecified atom stereocenters. The van der Waals surface area contributed by atoms with E-state index in [0.29, 0.717) is 10.6 Å². The van der Waals surface area contributed by atoms with Crippen molar-refractivity contribution in [2.45, 2.75) is 19.3 Å². The molecule has 7 heteroatoms. The fourth-order valence-electron chi connectivity index (χ4n) is 3.02. The van der Waals surface area contributed by atoms with Crippen molar-refractivity contribution in [3.63, 3.8) is 0 Å². The Balaban J connectivity index is 1.74. The Kier molecular flexibility index (Phi) is 6.72. The molecular formula is C19H19ClIN3OS. The van der Waals surface area contributed by atoms with Crippen LogP contribution in [0, 0.1) is 3.57 Å². The Morgan fingerprint density at radius 1 is 1.08 bits per heavy atom. The van der Waals surface area contributed by atoms with Crippen molar-refractivity contribution >= 4 is 68.8 Å². The van der Waals surface area contributed by atoms with E-state index < -0.39 is 0 Å². The third-order valence-corrected chi connectivity index (χ3v) is 5.70. The second kappa shape index (κ2) is 9.01. The van der Waals surface area contributed by atoms with Crippen molar-refractivity contribution in [2.24, 2.45) is 0 Å². The summed E-state index contributed by atoms with van der Waals surface area (Å²) >= 11 is 13.9. The number of carbonyl (C=O) groups is 1. The zero-order valence-electron chi connectivity index (χ0n) is 14.1. The largest absolute Gasteiger partial charge is 0.369 e. The van der Waals surface area contributed by atoms with Gasteiger partial charge in [0.15, 0.2) is 5.11 Å². The molecule has 0 radical (unpaired) electrons. The first-order chi connectivity index (χ1) is 12.6. The molecule has 0 bridgehead atoms. The molecule has 0 atom stereocenters. The molecule has 1 aliphatic heterocycles. The van der Waals surface area contributed by atoms with E-state index in [1.165, 1.54) is 6.42 Å². The lowest BCUT2D eigenvalue weighted by molar-refractivity contribution is 0.0977. The highest BCUT2D eigenvalue weighted by Crippen LogP contribution is 2.35. The van der Waals surface area contributed by atoms with Crippen LogP contribution in [-0.2, 0) is 0 Å². The van der Waals surface area contributed by atoms with Crippen molar-refractivity contribution in [1.82, 2.24) is 5.32 Å². The van der Waals surface area contributed by atoms with Crippen LogP contribution in [-0.4, -0.2) is 24.1 Å². The third kappa shape index (κ3) is 4.66. The Bertz CT molecular complexity index is 824. The van der Waals surface area contributed by atoms with Gasteiger partial charge in [0.2, 0.25) is 0 Å². The standard InChI is InChI=1S/C19H19ClIN3OS/c20-14-8-6-10-16(17(14)24-11-4-1-5-12-24)22-19(26)23-18(25)13-7-2-3-9-15(13)21/h2-3,6-10H,1,4-5,11-12H2,(H2,22,23,25,26). The maximum absolute atomic E-state index is 12.4. The number of benzene rings is 2. The first-order valence-electron chi connectivity index (χ1n) is 8.46. The average molecular weight is 500 g/mol. The van der Waals surface area contributed by atoms with Gasteiger partial charge in [0.05, 0.1) is 22.0 Å². The van der Waals surface area contributed by atoms with Crippen molar-refractivity contribution in [3.8, 4) is 0 Å². The molecule has 3 rings (SSSR count). The number of para-hydroxylation sites is 1. The molecule has 0 aliphatic carbocycles. The lowest BCUT2D eigenvalue weighted by Crippen LogP contribution is -2.36. The number of thiocarbonyl (C=S) groups is 1. The number of hydrogen-bond donors (Lipinski definition) is 2. The highest BCUT2D eigenvalue weighted by Gasteiger charge is 2.19. The lowest BCUT2D eigenvalue weighted by Gasteiger charge is -2.31. The van der Waals surface area contributed by atoms with Crippen LogP contribution in [0.25, 0.3) is 0 Å². The molecule has 4 nitrogen and oxygen atoms in total. The van der Waals surface area contributed by atoms with Crippen molar-refractivity contribution in [1.29, 1.82) is 0 Å². The van der Waals surface area contributed by atoms with Crippen LogP contribution in [0.2, 0.25) is 5.02 Å². The van der Waals surface area contributed by atoms with Gasteiger partial charge in [-0.1, -0.05) is 29.8 Å². The second-order valence-electron chi connectivity index (χ2n) is 6.07. The Morgan fingerprint density at radius 3 is 2.54 bits per heavy atom. The number of nitrogens with one attached hydrogen (secondary N) is 2. The maximum Gasteiger partial charge on any atom is 0.258 e. The SMILES string of the molecule is O=C(NC(=S)Nc1cccc(Cl)c1N1CCCCC1)c1ccccc1I. The Hall–Kier alpha value is -1.38. The molecule has 26 heavy (non-hydrogen) atoms. The zero-order valence-corrected chi connectivity index (χ0v) is 17.8. The summed E-state index contributed by atoms with van der Waals surface area (Å²) in [5, 5.41) is 6.83. The summed E-state index contributed by atoms with van der Waals surface area (Å²) in [6.45, 7) is 1.94. The highest BCUT2D eigenvalue weighted by atomic mass is 127. The Morgan fingerprint density at radius 2 is 1.81 bits per heavy atom. The fraction of sp³-hybridized carbons (Fsp3) is 0.263. The number of halogens is 2. The smallest absolute Gasteiger partial charge is 0.258 e. The summed E-state index contributed by atoms with van der Waals surface area (Å²) in [6.07, 6.45) is 3.55. The molecule has 2 aromatic carbocycles. The molecule has 2 aromatic rings. The van der Waals surface area contributed by atoms with Gasteiger partial charge < -0.3 is 10.2 Å². The third-order valence-electron chi connectivity index (χ3n) is 4.25. The van der Waals surface area contributed by atoms with Crippen molar-refractivity contribution in [2.75, 3.05) is 23.3 Å². The van der Waals surface area contributed by atoms with Gasteiger partial charge in [-0.25, -0.2) is 0 Å². The van der Waals surface area contributed by atoms with Crippen LogP contribution in [0.3, 0.4) is 0 Å². The summed E-state index contributed by atoms with van der Waals surface area (Å²) in [4.78, 5) is 14.7. The summed E-state index contributed by atoms with van der Waals surface area (Å²) in [6, 6.07) is 13.1. The second-order valence-corrected chi connectivity index (χ2v) is 8.05. The normalized spacial score (nSPS) is 14.0. The molecule has 2 N–H and O–H groups in total. The minimum absolute atomic E-state index is 0.228. The molecule has 0 saturated carbocycles. The summed E-state index contributed by atoms with van der Waals surface area (Å²) < 4.78 is 0.877. The number of rotatable bonds is 3. The summed E-state index contributed by atoms with van der Waals surface area (Å²) in [7, 11) is 0. The van der Waals surface area contributed by atoms with E-state index in [1.807, 2.05) is 36.4 Å². The molecule has 1 fully saturated rings. The molecule has 1 heterocycles. The topological polar surface area (TPSA) is 44.4 Å². The van der Waals surface area contributed by atoms with Crippen LogP contribution >= 0.6 is 46.4 Å². The van der Waals surface area contributed by atoms with E-state index in [1.54, 1.807) is 6.07 Å². The van der Waals surface area contributed by atoms with Gasteiger partial charge in [-0.15, -0.1) is 0 Å². The number of nitrogens with zero attached hydrogens (tertiary/aromatic N) is 1. The summed E-state index contributed by atoms with van der Waals surface area (Å²) in [5.41, 5.74) is 2.35. The number of carbonyl (C=O) groups excluding carboxylic acids is 1. The molecule has 0 aromatic heterocycles. The van der Waals surface area contributed by atoms with E-state index in [-0.39, 0.29) is 11.0 Å². The first-order valence-corrected chi connectivity index (χ1v) is 10.3. The molecule has 136 valence electrons. The number of anilines is 2. The van der Waals surface area contributed by atoms with E-state index >= 15 is 0 Å². The van der Waals surface area contributed by atoms with Gasteiger partial charge in [-0.05, 0) is 78.3 Å². The van der Waals surface area contributed by atoms with Crippen LogP contribution in [0.15, 0.2) is 42.5 Å². The molecule has 0 spiro atoms. The molecule has 1 aliphatic rings. The minimum Gasteiger partial charge on any atom is -0.369 e. The van der Waals surface area contributed by atoms with Gasteiger partial charge in [-0.2, -0.15) is 0 Å². The monoisotopic (exact) mass is 499 g/mol. The van der Waals surface area contributed by atoms with E-state index in [0.717, 1.165) is 40.9 Å². The van der Waals surface area contributed by atoms with Crippen LogP contribution in [0.5, 0.6) is 0 Å². The molecule has 1 saturated heterocycles. The van der Waals surface area contributed by atoms with Crippen molar-refractivity contribution in [3.05, 3.63) is 56.6 Å². The van der Waals surface area contributed by atoms with Crippen LogP contribution in [0.1, 0.15) is 29.6 Å². The summed E-state index contributed by atoms with van der Waals surface area (Å²) in [5.74, 6) is -0.228. The number of hydrogen-bond acceptors (Lipinski definition) is 3. The van der Waals surface area contributed by atoms with Crippen LogP contribution < -0.4 is 15.5 Å². The maximum atomic E-state index is 12.4. The fourth-order valence-corrected chi connectivity index (χ4v) is 4.15. The van der Waals surface area contributed by atoms with E-state index in [4.69, 9.17) is 23.8 Å². The van der Waals surface area contributed by atoms with Gasteiger partial charge in [0.1, 0.15) is 0 Å². The minimum atomic E-state index is -0.228. The molecule has 1 amide bonds. The van der Waals surface area contributed by atoms with E-state index in [2.05, 4.69) is 38.1 Å². The Labute approximate surface area is 177 Å². The number of piperidine rings is 1. The van der Waals surface area contributed by atoms with E-state index in [9.17, 15) is 4.79 Å². The van der Waals surface area contributed by atoms with Gasteiger partial charge in [0.25, 0.3) is 5.91 Å². The van der Waals surface area contributed by atoms with Gasteiger partial charge in [0, 0.05) is 16.7 Å². The predicted octanol–water partition coefficient (Wildman–Crippen LogP) is 5.06. The van der Waals surface area contributed by atoms with Crippen molar-refractivity contribution < 1.29 is 4.79 Å². The highest BCUT2D eigenvalue weighted by molar-refractivity contribution is 14.1.